The van der Waals surface area contributed by atoms with E-state index in [0.717, 1.165) is 11.8 Å². The summed E-state index contributed by atoms with van der Waals surface area (Å²) in [4.78, 5) is 16.4. The van der Waals surface area contributed by atoms with Gasteiger partial charge in [-0.3, -0.25) is 4.79 Å². The van der Waals surface area contributed by atoms with Gasteiger partial charge in [0, 0.05) is 17.3 Å². The minimum atomic E-state index is -1.18. The van der Waals surface area contributed by atoms with Crippen molar-refractivity contribution in [1.82, 2.24) is 0 Å². The Bertz CT molecular complexity index is 485. The van der Waals surface area contributed by atoms with Crippen molar-refractivity contribution in [1.29, 1.82) is 0 Å². The lowest BCUT2D eigenvalue weighted by atomic mass is 10.1. The summed E-state index contributed by atoms with van der Waals surface area (Å²) < 4.78 is 11.5. The normalized spacial score (nSPS) is 17.4. The molecule has 1 aromatic carbocycles. The molecule has 2 rings (SSSR count). The first-order chi connectivity index (χ1) is 7.72. The molecule has 0 amide bonds. The van der Waals surface area contributed by atoms with Gasteiger partial charge in [0.1, 0.15) is 0 Å². The van der Waals surface area contributed by atoms with Gasteiger partial charge in [-0.15, -0.1) is 0 Å². The molecule has 5 heteroatoms. The third kappa shape index (κ3) is 2.30. The second kappa shape index (κ2) is 5.01. The Hall–Kier alpha value is -0.810. The Labute approximate surface area is 105 Å². The first-order valence-electron chi connectivity index (χ1n) is 4.90. The van der Waals surface area contributed by atoms with Crippen molar-refractivity contribution >= 4 is 43.7 Å². The lowest BCUT2D eigenvalue weighted by molar-refractivity contribution is 0.0982. The summed E-state index contributed by atoms with van der Waals surface area (Å²) in [6.07, 6.45) is 1.33. The number of ketones is 1. The van der Waals surface area contributed by atoms with E-state index in [1.165, 1.54) is 5.55 Å². The van der Waals surface area contributed by atoms with E-state index in [2.05, 4.69) is 20.9 Å². The summed E-state index contributed by atoms with van der Waals surface area (Å²) in [7, 11) is -1.18. The Balaban J connectivity index is 2.22. The number of hydrogen-bond acceptors (Lipinski definition) is 3. The highest BCUT2D eigenvalue weighted by atomic mass is 79.9. The molecule has 1 atom stereocenters. The maximum atomic E-state index is 11.7. The van der Waals surface area contributed by atoms with Crippen LogP contribution in [0.25, 0.3) is 0 Å². The Morgan fingerprint density at radius 1 is 1.44 bits per heavy atom. The molecule has 1 aliphatic heterocycles. The van der Waals surface area contributed by atoms with E-state index < -0.39 is 10.8 Å². The lowest BCUT2D eigenvalue weighted by Crippen LogP contribution is -2.00. The number of hydrogen-bond donors (Lipinski definition) is 0. The van der Waals surface area contributed by atoms with Crippen molar-refractivity contribution in [2.24, 2.45) is 4.99 Å². The number of halogens is 1. The summed E-state index contributed by atoms with van der Waals surface area (Å²) in [5, 5.41) is 0.818. The summed E-state index contributed by atoms with van der Waals surface area (Å²) in [5.74, 6) is 0.0890. The van der Waals surface area contributed by atoms with Crippen LogP contribution >= 0.6 is 15.9 Å². The van der Waals surface area contributed by atoms with Gasteiger partial charge in [0.15, 0.2) is 5.78 Å². The lowest BCUT2D eigenvalue weighted by Gasteiger charge is -2.02. The number of Topliss-reactive ketones (excluding diaryl/α,β-unsaturated/α-hetero) is 1. The van der Waals surface area contributed by atoms with Crippen molar-refractivity contribution < 1.29 is 9.00 Å². The van der Waals surface area contributed by atoms with Gasteiger partial charge in [-0.05, 0) is 24.6 Å². The van der Waals surface area contributed by atoms with Crippen LogP contribution in [-0.2, 0) is 10.8 Å². The number of carbonyl (C=O) groups excluding carboxylic acids is 1. The fourth-order valence-corrected chi connectivity index (χ4v) is 2.66. The van der Waals surface area contributed by atoms with E-state index in [1.807, 2.05) is 0 Å². The van der Waals surface area contributed by atoms with Crippen molar-refractivity contribution in [3.8, 4) is 0 Å². The van der Waals surface area contributed by atoms with Crippen LogP contribution in [-0.4, -0.2) is 20.9 Å². The average Bonchev–Trinajstić information content (AvgIpc) is 2.67. The number of alkyl halides is 1. The smallest absolute Gasteiger partial charge is 0.162 e. The van der Waals surface area contributed by atoms with Gasteiger partial charge in [0.2, 0.25) is 0 Å². The Morgan fingerprint density at radius 3 is 3.00 bits per heavy atom. The second-order valence-electron chi connectivity index (χ2n) is 3.43. The van der Waals surface area contributed by atoms with Crippen LogP contribution in [0, 0.1) is 0 Å². The molecule has 1 aliphatic rings. The number of fused-ring (bicyclic) bond motifs is 1. The zero-order chi connectivity index (χ0) is 11.5. The maximum absolute atomic E-state index is 11.7. The minimum absolute atomic E-state index is 0.0890. The molecular formula is C11H10BrNO2S. The number of rotatable bonds is 4. The predicted molar refractivity (Wildman–Crippen MR) is 68.4 cm³/mol. The summed E-state index contributed by atoms with van der Waals surface area (Å²) in [6, 6.07) is 5.18. The highest BCUT2D eigenvalue weighted by Crippen LogP contribution is 2.28. The molecular weight excluding hydrogens is 290 g/mol. The van der Waals surface area contributed by atoms with Gasteiger partial charge in [-0.25, -0.2) is 9.20 Å². The van der Waals surface area contributed by atoms with E-state index in [0.29, 0.717) is 22.6 Å². The zero-order valence-corrected chi connectivity index (χ0v) is 10.9. The highest BCUT2D eigenvalue weighted by molar-refractivity contribution is 9.09. The van der Waals surface area contributed by atoms with E-state index in [-0.39, 0.29) is 5.78 Å². The molecule has 1 aromatic rings. The molecule has 0 spiro atoms. The van der Waals surface area contributed by atoms with Crippen LogP contribution in [0.2, 0.25) is 0 Å². The van der Waals surface area contributed by atoms with Crippen molar-refractivity contribution in [2.75, 3.05) is 5.33 Å². The van der Waals surface area contributed by atoms with Crippen LogP contribution in [0.1, 0.15) is 23.2 Å². The fraction of sp³-hybridized carbons (Fsp3) is 0.273. The van der Waals surface area contributed by atoms with Crippen molar-refractivity contribution in [2.45, 2.75) is 17.7 Å². The van der Waals surface area contributed by atoms with Gasteiger partial charge in [-0.2, -0.15) is 0 Å². The summed E-state index contributed by atoms with van der Waals surface area (Å²) in [5.41, 5.74) is 2.73. The van der Waals surface area contributed by atoms with Gasteiger partial charge in [-0.1, -0.05) is 15.9 Å². The molecule has 0 saturated heterocycles. The maximum Gasteiger partial charge on any atom is 0.162 e. The molecule has 0 aliphatic carbocycles. The molecule has 3 nitrogen and oxygen atoms in total. The standard InChI is InChI=1S/C11H10BrNO2S/c12-5-1-2-10(14)8-3-4-9-11(6-8)16(15)7-13-9/h3-4,6-7H,1-2,5H2. The monoisotopic (exact) mass is 299 g/mol. The second-order valence-corrected chi connectivity index (χ2v) is 5.47. The molecule has 0 radical (unpaired) electrons. The van der Waals surface area contributed by atoms with Crippen LogP contribution in [0.5, 0.6) is 0 Å². The van der Waals surface area contributed by atoms with E-state index in [4.69, 9.17) is 0 Å². The fourth-order valence-electron chi connectivity index (χ4n) is 1.49. The Kier molecular flexibility index (Phi) is 3.66. The van der Waals surface area contributed by atoms with Gasteiger partial charge < -0.3 is 0 Å². The molecule has 0 N–H and O–H groups in total. The molecule has 0 bridgehead atoms. The van der Waals surface area contributed by atoms with Gasteiger partial charge >= 0.3 is 0 Å². The zero-order valence-electron chi connectivity index (χ0n) is 8.48. The van der Waals surface area contributed by atoms with Crippen LogP contribution < -0.4 is 0 Å². The first-order valence-corrected chi connectivity index (χ1v) is 7.24. The van der Waals surface area contributed by atoms with Gasteiger partial charge in [0.25, 0.3) is 0 Å². The van der Waals surface area contributed by atoms with E-state index >= 15 is 0 Å². The third-order valence-electron chi connectivity index (χ3n) is 2.32. The summed E-state index contributed by atoms with van der Waals surface area (Å²) in [6.45, 7) is 0. The minimum Gasteiger partial charge on any atom is -0.294 e. The molecule has 16 heavy (non-hydrogen) atoms. The number of nitrogens with zero attached hydrogens (tertiary/aromatic N) is 1. The third-order valence-corrected chi connectivity index (χ3v) is 3.94. The SMILES string of the molecule is O=C(CCCBr)c1ccc2c(c1)S(=O)C=N2. The molecule has 84 valence electrons. The van der Waals surface area contributed by atoms with Crippen LogP contribution in [0.15, 0.2) is 28.1 Å². The van der Waals surface area contributed by atoms with Crippen molar-refractivity contribution in [3.05, 3.63) is 23.8 Å². The van der Waals surface area contributed by atoms with Crippen molar-refractivity contribution in [3.63, 3.8) is 0 Å². The quantitative estimate of drug-likeness (QED) is 0.634. The molecule has 0 fully saturated rings. The largest absolute Gasteiger partial charge is 0.294 e. The molecule has 1 unspecified atom stereocenters. The number of aliphatic imine (C=N–C) groups is 1. The van der Waals surface area contributed by atoms with E-state index in [1.54, 1.807) is 18.2 Å². The van der Waals surface area contributed by atoms with Gasteiger partial charge in [0.05, 0.1) is 26.9 Å². The van der Waals surface area contributed by atoms with Crippen LogP contribution in [0.4, 0.5) is 5.69 Å². The summed E-state index contributed by atoms with van der Waals surface area (Å²) >= 11 is 3.29. The first kappa shape index (κ1) is 11.7. The number of benzene rings is 1. The van der Waals surface area contributed by atoms with E-state index in [9.17, 15) is 9.00 Å². The molecule has 0 aromatic heterocycles. The predicted octanol–water partition coefficient (Wildman–Crippen LogP) is 2.83. The molecule has 1 heterocycles. The molecule has 0 saturated carbocycles. The Morgan fingerprint density at radius 2 is 2.25 bits per heavy atom. The highest BCUT2D eigenvalue weighted by Gasteiger charge is 2.16. The average molecular weight is 300 g/mol. The van der Waals surface area contributed by atoms with Crippen LogP contribution in [0.3, 0.4) is 0 Å². The topological polar surface area (TPSA) is 46.5 Å². The number of carbonyl (C=O) groups is 1.